The Balaban J connectivity index is 2.85. The summed E-state index contributed by atoms with van der Waals surface area (Å²) >= 11 is 4.37. The molecule has 1 amide bonds. The molecule has 0 aliphatic rings. The Kier molecular flexibility index (Phi) is 2.45. The van der Waals surface area contributed by atoms with Crippen molar-refractivity contribution in [2.75, 3.05) is 0 Å². The van der Waals surface area contributed by atoms with Crippen LogP contribution in [0.15, 0.2) is 3.92 Å². The number of nitrogens with zero attached hydrogens (tertiary/aromatic N) is 1. The van der Waals surface area contributed by atoms with Gasteiger partial charge in [0, 0.05) is 0 Å². The lowest BCUT2D eigenvalue weighted by Gasteiger charge is -1.94. The average Bonchev–Trinajstić information content (AvgIpc) is 2.09. The zero-order chi connectivity index (χ0) is 8.43. The van der Waals surface area contributed by atoms with Gasteiger partial charge in [-0.15, -0.1) is 0 Å². The Morgan fingerprint density at radius 3 is 2.82 bits per heavy atom. The summed E-state index contributed by atoms with van der Waals surface area (Å²) in [5, 5.41) is 0.435. The van der Waals surface area contributed by atoms with Crippen molar-refractivity contribution in [3.05, 3.63) is 9.61 Å². The molecular weight excluding hydrogens is 232 g/mol. The van der Waals surface area contributed by atoms with Gasteiger partial charge in [0.15, 0.2) is 3.92 Å². The third kappa shape index (κ3) is 2.16. The number of hydrogen-bond donors (Lipinski definition) is 1. The summed E-state index contributed by atoms with van der Waals surface area (Å²) in [6.45, 7) is 1.74. The fraction of sp³-hybridized carbons (Fsp3) is 0.200. The third-order valence-corrected chi connectivity index (χ3v) is 2.41. The molecule has 0 bridgehead atoms. The molecule has 0 aliphatic heterocycles. The number of halogens is 1. The first-order valence-electron chi connectivity index (χ1n) is 2.70. The predicted octanol–water partition coefficient (Wildman–Crippen LogP) is 1.67. The number of carbonyl (C=O) groups is 1. The van der Waals surface area contributed by atoms with Crippen LogP contribution in [0.2, 0.25) is 0 Å². The Hall–Kier alpha value is -0.620. The SMILES string of the molecule is Cc1nc(Br)sc1OC(N)=O. The molecule has 0 unspecified atom stereocenters. The molecule has 1 aromatic heterocycles. The largest absolute Gasteiger partial charge is 0.410 e. The molecule has 0 saturated heterocycles. The van der Waals surface area contributed by atoms with Gasteiger partial charge in [0.2, 0.25) is 5.06 Å². The summed E-state index contributed by atoms with van der Waals surface area (Å²) in [7, 11) is 0. The van der Waals surface area contributed by atoms with Gasteiger partial charge in [0.05, 0.1) is 5.69 Å². The van der Waals surface area contributed by atoms with Gasteiger partial charge < -0.3 is 10.5 Å². The van der Waals surface area contributed by atoms with Gasteiger partial charge in [0.1, 0.15) is 0 Å². The number of nitrogens with two attached hydrogens (primary N) is 1. The molecule has 4 nitrogen and oxygen atoms in total. The van der Waals surface area contributed by atoms with Crippen LogP contribution in [0.25, 0.3) is 0 Å². The maximum atomic E-state index is 10.3. The highest BCUT2D eigenvalue weighted by atomic mass is 79.9. The van der Waals surface area contributed by atoms with Crippen molar-refractivity contribution in [1.29, 1.82) is 0 Å². The maximum Gasteiger partial charge on any atom is 0.410 e. The minimum Gasteiger partial charge on any atom is -0.397 e. The highest BCUT2D eigenvalue weighted by molar-refractivity contribution is 9.11. The molecular formula is C5H5BrN2O2S. The van der Waals surface area contributed by atoms with Gasteiger partial charge in [-0.25, -0.2) is 9.78 Å². The Morgan fingerprint density at radius 2 is 2.45 bits per heavy atom. The third-order valence-electron chi connectivity index (χ3n) is 0.921. The second-order valence-electron chi connectivity index (χ2n) is 1.76. The van der Waals surface area contributed by atoms with Crippen LogP contribution in [0.5, 0.6) is 5.06 Å². The molecule has 1 heterocycles. The number of rotatable bonds is 1. The smallest absolute Gasteiger partial charge is 0.397 e. The van der Waals surface area contributed by atoms with Crippen LogP contribution in [0.4, 0.5) is 4.79 Å². The molecule has 11 heavy (non-hydrogen) atoms. The van der Waals surface area contributed by atoms with E-state index >= 15 is 0 Å². The first-order chi connectivity index (χ1) is 5.09. The summed E-state index contributed by atoms with van der Waals surface area (Å²) < 4.78 is 5.30. The maximum absolute atomic E-state index is 10.3. The van der Waals surface area contributed by atoms with Crippen molar-refractivity contribution in [3.63, 3.8) is 0 Å². The van der Waals surface area contributed by atoms with Crippen LogP contribution in [0.3, 0.4) is 0 Å². The molecule has 6 heteroatoms. The van der Waals surface area contributed by atoms with E-state index in [4.69, 9.17) is 5.73 Å². The van der Waals surface area contributed by atoms with Crippen LogP contribution >= 0.6 is 27.3 Å². The summed E-state index contributed by atoms with van der Waals surface area (Å²) in [5.74, 6) is 0. The second-order valence-corrected chi connectivity index (χ2v) is 4.00. The number of carbonyl (C=O) groups excluding carboxylic acids is 1. The number of thiazole rings is 1. The molecule has 2 N–H and O–H groups in total. The number of aromatic nitrogens is 1. The minimum atomic E-state index is -0.816. The lowest BCUT2D eigenvalue weighted by molar-refractivity contribution is 0.212. The van der Waals surface area contributed by atoms with Crippen molar-refractivity contribution >= 4 is 33.4 Å². The number of hydrogen-bond acceptors (Lipinski definition) is 4. The van der Waals surface area contributed by atoms with E-state index in [0.717, 1.165) is 0 Å². The van der Waals surface area contributed by atoms with Gasteiger partial charge in [-0.1, -0.05) is 11.3 Å². The zero-order valence-electron chi connectivity index (χ0n) is 5.63. The Morgan fingerprint density at radius 1 is 1.82 bits per heavy atom. The highest BCUT2D eigenvalue weighted by Gasteiger charge is 2.08. The Bertz CT molecular complexity index is 286. The minimum absolute atomic E-state index is 0.435. The Labute approximate surface area is 75.5 Å². The lowest BCUT2D eigenvalue weighted by atomic mass is 10.6. The van der Waals surface area contributed by atoms with E-state index < -0.39 is 6.09 Å². The number of primary amides is 1. The predicted molar refractivity (Wildman–Crippen MR) is 44.8 cm³/mol. The standard InChI is InChI=1S/C5H5BrN2O2S/c1-2-3(10-5(7)9)11-4(6)8-2/h1H3,(H2,7,9). The molecule has 0 aliphatic carbocycles. The fourth-order valence-corrected chi connectivity index (χ4v) is 1.90. The summed E-state index contributed by atoms with van der Waals surface area (Å²) in [4.78, 5) is 14.3. The van der Waals surface area contributed by atoms with Crippen LogP contribution < -0.4 is 10.5 Å². The number of amides is 1. The summed E-state index contributed by atoms with van der Waals surface area (Å²) in [6, 6.07) is 0. The zero-order valence-corrected chi connectivity index (χ0v) is 8.03. The first-order valence-corrected chi connectivity index (χ1v) is 4.30. The van der Waals surface area contributed by atoms with Crippen molar-refractivity contribution in [2.45, 2.75) is 6.92 Å². The van der Waals surface area contributed by atoms with E-state index in [2.05, 4.69) is 25.7 Å². The highest BCUT2D eigenvalue weighted by Crippen LogP contribution is 2.29. The fourth-order valence-electron chi connectivity index (χ4n) is 0.537. The molecule has 0 saturated carbocycles. The average molecular weight is 237 g/mol. The summed E-state index contributed by atoms with van der Waals surface area (Å²) in [5.41, 5.74) is 5.46. The molecule has 60 valence electrons. The van der Waals surface area contributed by atoms with Gasteiger partial charge in [-0.3, -0.25) is 0 Å². The van der Waals surface area contributed by atoms with Gasteiger partial charge in [0.25, 0.3) is 0 Å². The topological polar surface area (TPSA) is 65.2 Å². The van der Waals surface area contributed by atoms with Crippen LogP contribution in [-0.4, -0.2) is 11.1 Å². The monoisotopic (exact) mass is 236 g/mol. The van der Waals surface area contributed by atoms with Crippen LogP contribution in [0.1, 0.15) is 5.69 Å². The van der Waals surface area contributed by atoms with Crippen molar-refractivity contribution in [1.82, 2.24) is 4.98 Å². The normalized spacial score (nSPS) is 9.64. The van der Waals surface area contributed by atoms with Gasteiger partial charge >= 0.3 is 6.09 Å². The number of ether oxygens (including phenoxy) is 1. The second kappa shape index (κ2) is 3.19. The molecule has 0 fully saturated rings. The van der Waals surface area contributed by atoms with E-state index in [0.29, 0.717) is 14.7 Å². The van der Waals surface area contributed by atoms with E-state index in [-0.39, 0.29) is 0 Å². The molecule has 0 spiro atoms. The van der Waals surface area contributed by atoms with E-state index in [9.17, 15) is 4.79 Å². The number of aryl methyl sites for hydroxylation is 1. The molecule has 0 radical (unpaired) electrons. The lowest BCUT2D eigenvalue weighted by Crippen LogP contribution is -2.15. The van der Waals surface area contributed by atoms with Crippen LogP contribution in [0, 0.1) is 6.92 Å². The van der Waals surface area contributed by atoms with E-state index in [1.807, 2.05) is 0 Å². The van der Waals surface area contributed by atoms with Crippen LogP contribution in [-0.2, 0) is 0 Å². The van der Waals surface area contributed by atoms with Gasteiger partial charge in [-0.05, 0) is 22.9 Å². The molecule has 1 aromatic rings. The quantitative estimate of drug-likeness (QED) is 0.807. The first kappa shape index (κ1) is 8.48. The van der Waals surface area contributed by atoms with Crippen molar-refractivity contribution in [3.8, 4) is 5.06 Å². The van der Waals surface area contributed by atoms with E-state index in [1.165, 1.54) is 11.3 Å². The molecule has 1 rings (SSSR count). The molecule has 0 aromatic carbocycles. The summed E-state index contributed by atoms with van der Waals surface area (Å²) in [6.07, 6.45) is -0.816. The molecule has 0 atom stereocenters. The van der Waals surface area contributed by atoms with Gasteiger partial charge in [-0.2, -0.15) is 0 Å². The van der Waals surface area contributed by atoms with Crippen molar-refractivity contribution < 1.29 is 9.53 Å². The van der Waals surface area contributed by atoms with Crippen molar-refractivity contribution in [2.24, 2.45) is 5.73 Å². The van der Waals surface area contributed by atoms with E-state index in [1.54, 1.807) is 6.92 Å².